The highest BCUT2D eigenvalue weighted by Crippen LogP contribution is 2.36. The zero-order valence-corrected chi connectivity index (χ0v) is 31.6. The highest BCUT2D eigenvalue weighted by Gasteiger charge is 2.33. The van der Waals surface area contributed by atoms with E-state index in [0.717, 1.165) is 64.9 Å². The third kappa shape index (κ3) is 12.5. The van der Waals surface area contributed by atoms with Gasteiger partial charge >= 0.3 is 5.97 Å². The van der Waals surface area contributed by atoms with Crippen LogP contribution in [0.15, 0.2) is 53.8 Å². The molecule has 2 aromatic rings. The number of hydroxylamine groups is 2. The maximum atomic E-state index is 12.2. The summed E-state index contributed by atoms with van der Waals surface area (Å²) in [6.07, 6.45) is 7.76. The first kappa shape index (κ1) is 41.1. The Hall–Kier alpha value is -3.30. The van der Waals surface area contributed by atoms with Crippen LogP contribution in [0.25, 0.3) is 16.7 Å². The number of hydrogen-bond acceptors (Lipinski definition) is 11. The van der Waals surface area contributed by atoms with Crippen LogP contribution < -0.4 is 4.57 Å². The number of fused-ring (bicyclic) bond motifs is 1. The smallest absolute Gasteiger partial charge is 0.332 e. The SMILES string of the molecule is COSC1C=C(C)C(OC(=C(C)C)c2cc[n+](CCCCCC(=O)ON(C)C(=O)CCC=O)c3ccccc23)CC1OCCCS(=O)(=O)OC. The number of para-hydroxylation sites is 1. The van der Waals surface area contributed by atoms with Crippen molar-refractivity contribution in [2.24, 2.45) is 0 Å². The zero-order chi connectivity index (χ0) is 36.7. The Morgan fingerprint density at radius 2 is 1.82 bits per heavy atom. The first-order valence-corrected chi connectivity index (χ1v) is 19.2. The molecule has 14 heteroatoms. The highest BCUT2D eigenvalue weighted by molar-refractivity contribution is 7.95. The predicted molar refractivity (Wildman–Crippen MR) is 192 cm³/mol. The van der Waals surface area contributed by atoms with Crippen LogP contribution in [0.4, 0.5) is 0 Å². The Labute approximate surface area is 300 Å². The van der Waals surface area contributed by atoms with Crippen LogP contribution in [0.3, 0.4) is 0 Å². The van der Waals surface area contributed by atoms with Crippen LogP contribution in [0.2, 0.25) is 0 Å². The van der Waals surface area contributed by atoms with E-state index in [4.69, 9.17) is 18.5 Å². The number of aldehydes is 1. The first-order chi connectivity index (χ1) is 23.9. The number of aryl methyl sites for hydroxylation is 1. The number of benzene rings is 1. The van der Waals surface area contributed by atoms with E-state index in [0.29, 0.717) is 25.5 Å². The van der Waals surface area contributed by atoms with Gasteiger partial charge in [0.25, 0.3) is 16.0 Å². The normalized spacial score (nSPS) is 17.6. The Bertz CT molecular complexity index is 1620. The fraction of sp³-hybridized carbons (Fsp3) is 0.556. The van der Waals surface area contributed by atoms with E-state index in [1.807, 2.05) is 32.9 Å². The predicted octanol–water partition coefficient (Wildman–Crippen LogP) is 5.48. The summed E-state index contributed by atoms with van der Waals surface area (Å²) in [7, 11) is 0.604. The Morgan fingerprint density at radius 1 is 1.06 bits per heavy atom. The number of ether oxygens (including phenoxy) is 2. The summed E-state index contributed by atoms with van der Waals surface area (Å²) in [5.41, 5.74) is 4.13. The summed E-state index contributed by atoms with van der Waals surface area (Å²) < 4.78 is 48.6. The topological polar surface area (TPSA) is 139 Å². The van der Waals surface area contributed by atoms with Crippen molar-refractivity contribution in [2.45, 2.75) is 96.1 Å². The van der Waals surface area contributed by atoms with Crippen molar-refractivity contribution in [1.29, 1.82) is 0 Å². The van der Waals surface area contributed by atoms with Gasteiger partial charge in [-0.2, -0.15) is 18.0 Å². The van der Waals surface area contributed by atoms with E-state index in [9.17, 15) is 22.8 Å². The minimum atomic E-state index is -3.55. The van der Waals surface area contributed by atoms with E-state index in [2.05, 4.69) is 39.2 Å². The van der Waals surface area contributed by atoms with Crippen molar-refractivity contribution in [3.05, 3.63) is 59.3 Å². The van der Waals surface area contributed by atoms with Crippen LogP contribution >= 0.6 is 12.0 Å². The molecule has 0 spiro atoms. The van der Waals surface area contributed by atoms with E-state index in [1.54, 1.807) is 7.11 Å². The van der Waals surface area contributed by atoms with E-state index in [1.165, 1.54) is 19.1 Å². The molecule has 3 atom stereocenters. The number of nitrogens with zero attached hydrogens (tertiary/aromatic N) is 2. The Kier molecular flexibility index (Phi) is 16.9. The molecule has 3 rings (SSSR count). The van der Waals surface area contributed by atoms with Gasteiger partial charge in [0.2, 0.25) is 5.52 Å². The maximum absolute atomic E-state index is 12.2. The summed E-state index contributed by atoms with van der Waals surface area (Å²) in [5.74, 6) is -0.212. The molecular weight excluding hydrogens is 685 g/mol. The van der Waals surface area contributed by atoms with Crippen molar-refractivity contribution in [2.75, 3.05) is 33.6 Å². The molecule has 1 heterocycles. The molecule has 50 heavy (non-hydrogen) atoms. The van der Waals surface area contributed by atoms with Crippen LogP contribution in [-0.2, 0) is 53.7 Å². The number of carbonyl (C=O) groups excluding carboxylic acids is 3. The molecule has 1 aliphatic carbocycles. The molecule has 1 aliphatic rings. The van der Waals surface area contributed by atoms with Gasteiger partial charge in [-0.15, -0.1) is 0 Å². The third-order valence-corrected chi connectivity index (χ3v) is 10.5. The molecule has 12 nitrogen and oxygen atoms in total. The minimum absolute atomic E-state index is 0.00697. The fourth-order valence-electron chi connectivity index (χ4n) is 5.65. The number of aromatic nitrogens is 1. The fourth-order valence-corrected chi connectivity index (χ4v) is 7.10. The monoisotopic (exact) mass is 735 g/mol. The summed E-state index contributed by atoms with van der Waals surface area (Å²) in [4.78, 5) is 39.6. The standard InChI is InChI=1S/C36H51N2O10S2/c1-26(2)36(47-31-25-32(33(49-44-5)24-27(31)3)46-22-13-23-50(42,43)45-6)29-18-20-38(30-15-10-9-14-28(29)30)19-11-7-8-17-35(41)48-37(4)34(40)16-12-21-39/h9-10,14-15,18,20-21,24,31-33H,7-8,11-13,16-17,19,22-23,25H2,1-6H3/q+1. The molecule has 0 aliphatic heterocycles. The second-order valence-corrected chi connectivity index (χ2v) is 15.2. The van der Waals surface area contributed by atoms with Crippen molar-refractivity contribution in [1.82, 2.24) is 5.06 Å². The molecule has 0 radical (unpaired) electrons. The van der Waals surface area contributed by atoms with Gasteiger partial charge in [-0.3, -0.25) is 8.98 Å². The number of carbonyl (C=O) groups is 3. The maximum Gasteiger partial charge on any atom is 0.332 e. The van der Waals surface area contributed by atoms with Gasteiger partial charge in [-0.1, -0.05) is 18.2 Å². The van der Waals surface area contributed by atoms with Crippen LogP contribution in [0, 0.1) is 0 Å². The largest absolute Gasteiger partial charge is 0.485 e. The van der Waals surface area contributed by atoms with Crippen LogP contribution in [-0.4, -0.2) is 82.7 Å². The van der Waals surface area contributed by atoms with Gasteiger partial charge in [0.05, 0.1) is 36.7 Å². The first-order valence-electron chi connectivity index (χ1n) is 16.8. The van der Waals surface area contributed by atoms with Gasteiger partial charge in [-0.05, 0) is 57.2 Å². The number of amides is 1. The molecule has 0 bridgehead atoms. The van der Waals surface area contributed by atoms with Gasteiger partial charge in [-0.25, -0.2) is 4.79 Å². The zero-order valence-electron chi connectivity index (χ0n) is 29.9. The molecule has 1 amide bonds. The second kappa shape index (κ2) is 20.5. The van der Waals surface area contributed by atoms with Gasteiger partial charge in [0.1, 0.15) is 24.7 Å². The molecule has 0 N–H and O–H groups in total. The second-order valence-electron chi connectivity index (χ2n) is 12.3. The minimum Gasteiger partial charge on any atom is -0.485 e. The number of pyridine rings is 1. The molecule has 3 unspecified atom stereocenters. The van der Waals surface area contributed by atoms with E-state index in [-0.39, 0.29) is 49.1 Å². The van der Waals surface area contributed by atoms with Gasteiger partial charge < -0.3 is 23.3 Å². The summed E-state index contributed by atoms with van der Waals surface area (Å²) >= 11 is 1.31. The van der Waals surface area contributed by atoms with Crippen molar-refractivity contribution < 1.29 is 50.0 Å². The van der Waals surface area contributed by atoms with Crippen molar-refractivity contribution >= 4 is 57.0 Å². The molecule has 1 aromatic heterocycles. The van der Waals surface area contributed by atoms with E-state index < -0.39 is 22.0 Å². The number of hydrogen-bond donors (Lipinski definition) is 0. The lowest BCUT2D eigenvalue weighted by Gasteiger charge is -2.34. The molecule has 0 fully saturated rings. The summed E-state index contributed by atoms with van der Waals surface area (Å²) in [6.45, 7) is 7.12. The molecule has 0 saturated carbocycles. The van der Waals surface area contributed by atoms with Crippen LogP contribution in [0.5, 0.6) is 0 Å². The third-order valence-electron chi connectivity index (χ3n) is 8.31. The lowest BCUT2D eigenvalue weighted by Crippen LogP contribution is -2.37. The van der Waals surface area contributed by atoms with Gasteiger partial charge in [0.15, 0.2) is 6.20 Å². The highest BCUT2D eigenvalue weighted by atomic mass is 32.2. The molecular formula is C36H51N2O10S2+. The molecule has 276 valence electrons. The lowest BCUT2D eigenvalue weighted by molar-refractivity contribution is -0.671. The number of unbranched alkanes of at least 4 members (excludes halogenated alkanes) is 2. The van der Waals surface area contributed by atoms with E-state index >= 15 is 0 Å². The van der Waals surface area contributed by atoms with Crippen LogP contribution in [0.1, 0.15) is 77.7 Å². The van der Waals surface area contributed by atoms with Crippen molar-refractivity contribution in [3.8, 4) is 0 Å². The molecule has 0 saturated heterocycles. The quantitative estimate of drug-likeness (QED) is 0.0250. The average Bonchev–Trinajstić information content (AvgIpc) is 3.09. The molecule has 1 aromatic carbocycles. The Morgan fingerprint density at radius 3 is 2.52 bits per heavy atom. The van der Waals surface area contributed by atoms with Crippen molar-refractivity contribution in [3.63, 3.8) is 0 Å². The average molecular weight is 736 g/mol. The number of allylic oxidation sites excluding steroid dienone is 1. The van der Waals surface area contributed by atoms with Gasteiger partial charge in [0, 0.05) is 75.5 Å². The Balaban J connectivity index is 1.67. The summed E-state index contributed by atoms with van der Waals surface area (Å²) in [5, 5.41) is 1.88. The summed E-state index contributed by atoms with van der Waals surface area (Å²) in [6, 6.07) is 10.3. The number of rotatable bonds is 20. The lowest BCUT2D eigenvalue weighted by atomic mass is 9.94.